The van der Waals surface area contributed by atoms with Gasteiger partial charge >= 0.3 is 0 Å². The fraction of sp³-hybridized carbons (Fsp3) is 0.207. The minimum absolute atomic E-state index is 0.117. The van der Waals surface area contributed by atoms with E-state index < -0.39 is 0 Å². The second-order valence-electron chi connectivity index (χ2n) is 9.49. The summed E-state index contributed by atoms with van der Waals surface area (Å²) in [5, 5.41) is 6.96. The number of pyridine rings is 2. The maximum Gasteiger partial charge on any atom is 0.259 e. The summed E-state index contributed by atoms with van der Waals surface area (Å²) in [5.74, 6) is 2.24. The SMILES string of the molecule is CN=C1CN=C(c2ccc[nH]2)c2cc(Cl)ccc2N1.Cc1ccnc2c1NC(=O)c1cccnc1N2C1CC1. The number of hydrogen-bond acceptors (Lipinski definition) is 6. The van der Waals surface area contributed by atoms with Crippen LogP contribution in [0.3, 0.4) is 0 Å². The van der Waals surface area contributed by atoms with Gasteiger partial charge in [0.15, 0.2) is 5.82 Å². The molecule has 39 heavy (non-hydrogen) atoms. The summed E-state index contributed by atoms with van der Waals surface area (Å²) in [7, 11) is 1.76. The number of fused-ring (bicyclic) bond motifs is 3. The summed E-state index contributed by atoms with van der Waals surface area (Å²) in [4.78, 5) is 35.4. The second-order valence-corrected chi connectivity index (χ2v) is 9.93. The summed E-state index contributed by atoms with van der Waals surface area (Å²) in [6.45, 7) is 2.51. The van der Waals surface area contributed by atoms with E-state index in [4.69, 9.17) is 11.6 Å². The first kappa shape index (κ1) is 24.8. The fourth-order valence-corrected chi connectivity index (χ4v) is 4.87. The number of carbonyl (C=O) groups excluding carboxylic acids is 1. The first-order chi connectivity index (χ1) is 19.0. The van der Waals surface area contributed by atoms with Crippen molar-refractivity contribution >= 4 is 52.1 Å². The average molecular weight is 539 g/mol. The number of amides is 1. The number of hydrogen-bond donors (Lipinski definition) is 3. The minimum Gasteiger partial charge on any atom is -0.360 e. The van der Waals surface area contributed by atoms with Gasteiger partial charge in [0.25, 0.3) is 5.91 Å². The number of H-pyrrole nitrogens is 1. The van der Waals surface area contributed by atoms with Crippen LogP contribution in [-0.2, 0) is 0 Å². The number of benzene rings is 1. The number of aliphatic imine (C=N–C) groups is 2. The normalized spacial score (nSPS) is 16.8. The van der Waals surface area contributed by atoms with Gasteiger partial charge in [-0.25, -0.2) is 9.97 Å². The highest BCUT2D eigenvalue weighted by atomic mass is 35.5. The summed E-state index contributed by atoms with van der Waals surface area (Å²) >= 11 is 6.10. The van der Waals surface area contributed by atoms with Crippen molar-refractivity contribution in [1.29, 1.82) is 0 Å². The third kappa shape index (κ3) is 4.88. The van der Waals surface area contributed by atoms with Crippen LogP contribution >= 0.6 is 11.6 Å². The van der Waals surface area contributed by atoms with E-state index in [1.165, 1.54) is 0 Å². The molecule has 0 saturated heterocycles. The fourth-order valence-electron chi connectivity index (χ4n) is 4.70. The van der Waals surface area contributed by atoms with Crippen LogP contribution in [0.25, 0.3) is 0 Å². The molecule has 196 valence electrons. The second kappa shape index (κ2) is 10.3. The third-order valence-electron chi connectivity index (χ3n) is 6.80. The molecule has 0 atom stereocenters. The summed E-state index contributed by atoms with van der Waals surface area (Å²) in [6.07, 6.45) is 7.61. The number of nitrogens with one attached hydrogen (secondary N) is 3. The lowest BCUT2D eigenvalue weighted by molar-refractivity contribution is 0.102. The largest absolute Gasteiger partial charge is 0.360 e. The zero-order valence-electron chi connectivity index (χ0n) is 21.6. The van der Waals surface area contributed by atoms with Crippen LogP contribution in [0.4, 0.5) is 23.0 Å². The molecule has 5 heterocycles. The molecule has 1 aromatic carbocycles. The average Bonchev–Trinajstić information content (AvgIpc) is 3.69. The zero-order valence-corrected chi connectivity index (χ0v) is 22.3. The number of benzodiazepines with no additional fused rings is 1. The van der Waals surface area contributed by atoms with E-state index in [1.807, 2.05) is 55.6 Å². The number of rotatable bonds is 2. The number of aromatic nitrogens is 3. The highest BCUT2D eigenvalue weighted by Crippen LogP contribution is 2.43. The molecule has 2 aliphatic heterocycles. The van der Waals surface area contributed by atoms with Crippen LogP contribution in [0.2, 0.25) is 5.02 Å². The van der Waals surface area contributed by atoms with Crippen LogP contribution in [0.5, 0.6) is 0 Å². The van der Waals surface area contributed by atoms with E-state index >= 15 is 0 Å². The van der Waals surface area contributed by atoms with Gasteiger partial charge < -0.3 is 20.5 Å². The van der Waals surface area contributed by atoms with Crippen molar-refractivity contribution in [1.82, 2.24) is 15.0 Å². The molecular formula is C29H27ClN8O. The maximum absolute atomic E-state index is 12.4. The molecule has 0 spiro atoms. The number of aryl methyl sites for hydroxylation is 1. The van der Waals surface area contributed by atoms with Crippen molar-refractivity contribution in [3.05, 3.63) is 94.5 Å². The molecule has 3 aromatic heterocycles. The quantitative estimate of drug-likeness (QED) is 0.307. The molecule has 1 amide bonds. The van der Waals surface area contributed by atoms with E-state index in [-0.39, 0.29) is 5.91 Å². The van der Waals surface area contributed by atoms with Gasteiger partial charge in [0.2, 0.25) is 0 Å². The van der Waals surface area contributed by atoms with Gasteiger partial charge in [-0.2, -0.15) is 0 Å². The van der Waals surface area contributed by atoms with E-state index in [0.29, 0.717) is 29.0 Å². The Morgan fingerprint density at radius 2 is 1.85 bits per heavy atom. The van der Waals surface area contributed by atoms with Crippen molar-refractivity contribution in [2.24, 2.45) is 9.98 Å². The highest BCUT2D eigenvalue weighted by molar-refractivity contribution is 6.32. The van der Waals surface area contributed by atoms with Gasteiger partial charge in [-0.05, 0) is 73.9 Å². The lowest BCUT2D eigenvalue weighted by Crippen LogP contribution is -2.22. The number of anilines is 4. The van der Waals surface area contributed by atoms with Gasteiger partial charge in [0.05, 0.1) is 29.2 Å². The molecule has 1 aliphatic carbocycles. The number of carbonyl (C=O) groups is 1. The highest BCUT2D eigenvalue weighted by Gasteiger charge is 2.37. The number of nitrogens with zero attached hydrogens (tertiary/aromatic N) is 5. The Morgan fingerprint density at radius 1 is 1.00 bits per heavy atom. The molecular weight excluding hydrogens is 512 g/mol. The van der Waals surface area contributed by atoms with Crippen molar-refractivity contribution in [3.8, 4) is 0 Å². The van der Waals surface area contributed by atoms with Crippen LogP contribution in [0, 0.1) is 6.92 Å². The van der Waals surface area contributed by atoms with Gasteiger partial charge in [0.1, 0.15) is 11.7 Å². The summed E-state index contributed by atoms with van der Waals surface area (Å²) in [6, 6.07) is 15.6. The molecule has 3 N–H and O–H groups in total. The van der Waals surface area contributed by atoms with Gasteiger partial charge in [-0.1, -0.05) is 11.6 Å². The molecule has 4 aromatic rings. The molecule has 1 saturated carbocycles. The summed E-state index contributed by atoms with van der Waals surface area (Å²) in [5.41, 5.74) is 6.24. The lowest BCUT2D eigenvalue weighted by Gasteiger charge is -2.23. The van der Waals surface area contributed by atoms with E-state index in [9.17, 15) is 4.79 Å². The van der Waals surface area contributed by atoms with Crippen molar-refractivity contribution in [3.63, 3.8) is 0 Å². The summed E-state index contributed by atoms with van der Waals surface area (Å²) < 4.78 is 0. The van der Waals surface area contributed by atoms with Crippen molar-refractivity contribution < 1.29 is 4.79 Å². The van der Waals surface area contributed by atoms with Gasteiger partial charge in [0, 0.05) is 48.0 Å². The zero-order chi connectivity index (χ0) is 26.9. The Bertz CT molecular complexity index is 1610. The number of aromatic amines is 1. The Kier molecular flexibility index (Phi) is 6.58. The first-order valence-electron chi connectivity index (χ1n) is 12.8. The molecule has 9 nitrogen and oxygen atoms in total. The monoisotopic (exact) mass is 538 g/mol. The maximum atomic E-state index is 12.4. The van der Waals surface area contributed by atoms with Gasteiger partial charge in [-0.15, -0.1) is 0 Å². The Labute approximate surface area is 231 Å². The lowest BCUT2D eigenvalue weighted by atomic mass is 10.1. The van der Waals surface area contributed by atoms with Crippen LogP contribution < -0.4 is 15.5 Å². The van der Waals surface area contributed by atoms with E-state index in [2.05, 4.69) is 40.5 Å². The molecule has 1 fully saturated rings. The number of halogens is 1. The van der Waals surface area contributed by atoms with Gasteiger partial charge in [-0.3, -0.25) is 14.8 Å². The Morgan fingerprint density at radius 3 is 2.62 bits per heavy atom. The van der Waals surface area contributed by atoms with Crippen molar-refractivity contribution in [2.45, 2.75) is 25.8 Å². The predicted octanol–water partition coefficient (Wildman–Crippen LogP) is 5.61. The Balaban J connectivity index is 0.000000142. The standard InChI is InChI=1S/C15H14N4O.C14H13ClN4/c1-9-6-8-17-14-12(9)18-15(20)11-3-2-7-16-13(11)19(14)10-4-5-10;1-16-13-8-18-14(12-3-2-6-17-12)10-7-9(15)4-5-11(10)19-13/h2-3,6-8,10H,4-5H2,1H3,(H,18,20);2-7,17H,8H2,1H3,(H,16,19). The molecule has 3 aliphatic rings. The van der Waals surface area contributed by atoms with Crippen molar-refractivity contribution in [2.75, 3.05) is 29.1 Å². The minimum atomic E-state index is -0.117. The van der Waals surface area contributed by atoms with Crippen LogP contribution in [-0.4, -0.2) is 52.0 Å². The molecule has 0 unspecified atom stereocenters. The van der Waals surface area contributed by atoms with E-state index in [1.54, 1.807) is 25.5 Å². The van der Waals surface area contributed by atoms with E-state index in [0.717, 1.165) is 58.4 Å². The first-order valence-corrected chi connectivity index (χ1v) is 13.1. The molecule has 7 rings (SSSR count). The van der Waals surface area contributed by atoms with Crippen LogP contribution in [0.15, 0.2) is 77.1 Å². The van der Waals surface area contributed by atoms with Crippen LogP contribution in [0.1, 0.15) is 40.0 Å². The molecule has 10 heteroatoms. The number of amidine groups is 1. The topological polar surface area (TPSA) is 111 Å². The Hall–Kier alpha value is -4.50. The predicted molar refractivity (Wildman–Crippen MR) is 156 cm³/mol. The third-order valence-corrected chi connectivity index (χ3v) is 7.04. The smallest absolute Gasteiger partial charge is 0.259 e. The molecule has 0 bridgehead atoms. The molecule has 0 radical (unpaired) electrons.